The van der Waals surface area contributed by atoms with Gasteiger partial charge < -0.3 is 10.1 Å². The molecular weight excluding hydrogens is 406 g/mol. The average molecular weight is 430 g/mol. The summed E-state index contributed by atoms with van der Waals surface area (Å²) in [6, 6.07) is 30.8. The second kappa shape index (κ2) is 9.53. The minimum Gasteiger partial charge on any atom is -0.466 e. The summed E-state index contributed by atoms with van der Waals surface area (Å²) in [4.78, 5) is 11.9. The van der Waals surface area contributed by atoms with E-state index in [0.717, 1.165) is 16.7 Å². The molecule has 3 aromatic carbocycles. The number of carbonyl (C=O) groups is 1. The third-order valence-electron chi connectivity index (χ3n) is 4.98. The zero-order valence-electron chi connectivity index (χ0n) is 17.2. The highest BCUT2D eigenvalue weighted by atomic mass is 32.1. The molecule has 0 aliphatic rings. The lowest BCUT2D eigenvalue weighted by molar-refractivity contribution is -0.142. The van der Waals surface area contributed by atoms with Crippen LogP contribution in [0.1, 0.15) is 28.6 Å². The number of hydrogen-bond donors (Lipinski definition) is 1. The van der Waals surface area contributed by atoms with Crippen molar-refractivity contribution in [3.8, 4) is 0 Å². The summed E-state index contributed by atoms with van der Waals surface area (Å²) in [6.45, 7) is 2.14. The molecule has 0 bridgehead atoms. The van der Waals surface area contributed by atoms with Crippen molar-refractivity contribution in [2.75, 3.05) is 11.9 Å². The van der Waals surface area contributed by atoms with Crippen molar-refractivity contribution in [3.05, 3.63) is 113 Å². The molecule has 156 valence electrons. The Labute approximate surface area is 185 Å². The predicted octanol–water partition coefficient (Wildman–Crippen LogP) is 5.05. The highest BCUT2D eigenvalue weighted by molar-refractivity contribution is 7.15. The van der Waals surface area contributed by atoms with Crippen LogP contribution >= 0.6 is 11.3 Å². The Hall–Kier alpha value is -3.51. The van der Waals surface area contributed by atoms with Gasteiger partial charge in [-0.3, -0.25) is 4.79 Å². The van der Waals surface area contributed by atoms with Crippen LogP contribution in [0, 0.1) is 0 Å². The SMILES string of the molecule is CCOC(=O)Cc1nnc(NC(c2ccccc2)(c2ccccc2)c2ccccc2)s1. The molecule has 31 heavy (non-hydrogen) atoms. The van der Waals surface area contributed by atoms with E-state index in [0.29, 0.717) is 16.7 Å². The van der Waals surface area contributed by atoms with E-state index < -0.39 is 5.54 Å². The first-order valence-electron chi connectivity index (χ1n) is 10.1. The normalized spacial score (nSPS) is 11.1. The summed E-state index contributed by atoms with van der Waals surface area (Å²) in [5.41, 5.74) is 2.56. The average Bonchev–Trinajstić information content (AvgIpc) is 3.26. The predicted molar refractivity (Wildman–Crippen MR) is 123 cm³/mol. The molecule has 4 aromatic rings. The Morgan fingerprint density at radius 1 is 0.839 bits per heavy atom. The van der Waals surface area contributed by atoms with Crippen LogP contribution in [0.2, 0.25) is 0 Å². The van der Waals surface area contributed by atoms with E-state index in [2.05, 4.69) is 51.9 Å². The van der Waals surface area contributed by atoms with Crippen molar-refractivity contribution < 1.29 is 9.53 Å². The number of nitrogens with zero attached hydrogens (tertiary/aromatic N) is 2. The van der Waals surface area contributed by atoms with E-state index in [4.69, 9.17) is 4.74 Å². The molecule has 5 nitrogen and oxygen atoms in total. The number of ether oxygens (including phenoxy) is 1. The maximum absolute atomic E-state index is 11.9. The van der Waals surface area contributed by atoms with Crippen molar-refractivity contribution in [1.82, 2.24) is 10.2 Å². The monoisotopic (exact) mass is 429 g/mol. The van der Waals surface area contributed by atoms with Crippen LogP contribution in [-0.4, -0.2) is 22.8 Å². The summed E-state index contributed by atoms with van der Waals surface area (Å²) < 4.78 is 5.04. The van der Waals surface area contributed by atoms with Crippen LogP contribution in [0.5, 0.6) is 0 Å². The summed E-state index contributed by atoms with van der Waals surface area (Å²) in [6.07, 6.45) is 0.113. The molecule has 0 unspecified atom stereocenters. The molecule has 1 N–H and O–H groups in total. The molecular formula is C25H23N3O2S. The number of nitrogens with one attached hydrogen (secondary N) is 1. The number of rotatable bonds is 8. The van der Waals surface area contributed by atoms with Crippen LogP contribution in [0.3, 0.4) is 0 Å². The molecule has 0 radical (unpaired) electrons. The molecule has 0 saturated carbocycles. The van der Waals surface area contributed by atoms with Gasteiger partial charge in [-0.2, -0.15) is 0 Å². The fourth-order valence-corrected chi connectivity index (χ4v) is 4.43. The van der Waals surface area contributed by atoms with Crippen LogP contribution in [0.15, 0.2) is 91.0 Å². The van der Waals surface area contributed by atoms with Crippen LogP contribution in [0.25, 0.3) is 0 Å². The third kappa shape index (κ3) is 4.49. The Bertz CT molecular complexity index is 1020. The van der Waals surface area contributed by atoms with Crippen molar-refractivity contribution >= 4 is 22.4 Å². The van der Waals surface area contributed by atoms with Gasteiger partial charge in [-0.1, -0.05) is 102 Å². The number of carbonyl (C=O) groups excluding carboxylic acids is 1. The quantitative estimate of drug-likeness (QED) is 0.314. The summed E-state index contributed by atoms with van der Waals surface area (Å²) in [7, 11) is 0. The lowest BCUT2D eigenvalue weighted by atomic mass is 9.77. The van der Waals surface area contributed by atoms with Gasteiger partial charge in [-0.25, -0.2) is 0 Å². The second-order valence-electron chi connectivity index (χ2n) is 6.96. The van der Waals surface area contributed by atoms with E-state index in [1.165, 1.54) is 11.3 Å². The van der Waals surface area contributed by atoms with Gasteiger partial charge in [0.25, 0.3) is 0 Å². The first kappa shape index (κ1) is 20.8. The number of aromatic nitrogens is 2. The fourth-order valence-electron chi connectivity index (χ4n) is 3.65. The second-order valence-corrected chi connectivity index (χ2v) is 8.02. The van der Waals surface area contributed by atoms with Crippen molar-refractivity contribution in [2.45, 2.75) is 18.9 Å². The van der Waals surface area contributed by atoms with Gasteiger partial charge in [0.15, 0.2) is 0 Å². The lowest BCUT2D eigenvalue weighted by Crippen LogP contribution is -2.38. The van der Waals surface area contributed by atoms with Gasteiger partial charge in [0.05, 0.1) is 13.0 Å². The molecule has 6 heteroatoms. The molecule has 1 heterocycles. The van der Waals surface area contributed by atoms with E-state index in [1.54, 1.807) is 6.92 Å². The largest absolute Gasteiger partial charge is 0.466 e. The van der Waals surface area contributed by atoms with Crippen LogP contribution in [0.4, 0.5) is 5.13 Å². The fraction of sp³-hybridized carbons (Fsp3) is 0.160. The Kier molecular flexibility index (Phi) is 6.38. The van der Waals surface area contributed by atoms with E-state index in [1.807, 2.05) is 54.6 Å². The highest BCUT2D eigenvalue weighted by Gasteiger charge is 2.37. The van der Waals surface area contributed by atoms with E-state index in [-0.39, 0.29) is 12.4 Å². The maximum atomic E-state index is 11.9. The summed E-state index contributed by atoms with van der Waals surface area (Å²) in [5, 5.41) is 13.5. The van der Waals surface area contributed by atoms with Crippen molar-refractivity contribution in [3.63, 3.8) is 0 Å². The smallest absolute Gasteiger partial charge is 0.312 e. The zero-order chi connectivity index (χ0) is 21.5. The molecule has 0 aliphatic carbocycles. The highest BCUT2D eigenvalue weighted by Crippen LogP contribution is 2.40. The Morgan fingerprint density at radius 2 is 1.32 bits per heavy atom. The van der Waals surface area contributed by atoms with Crippen LogP contribution in [-0.2, 0) is 21.5 Å². The first-order valence-corrected chi connectivity index (χ1v) is 11.0. The number of hydrogen-bond acceptors (Lipinski definition) is 6. The maximum Gasteiger partial charge on any atom is 0.312 e. The van der Waals surface area contributed by atoms with Gasteiger partial charge in [0.1, 0.15) is 10.5 Å². The van der Waals surface area contributed by atoms with E-state index in [9.17, 15) is 4.79 Å². The van der Waals surface area contributed by atoms with Gasteiger partial charge in [0.2, 0.25) is 5.13 Å². The van der Waals surface area contributed by atoms with Gasteiger partial charge in [-0.15, -0.1) is 10.2 Å². The lowest BCUT2D eigenvalue weighted by Gasteiger charge is -2.36. The van der Waals surface area contributed by atoms with Gasteiger partial charge in [0, 0.05) is 0 Å². The minimum atomic E-state index is -0.676. The number of benzene rings is 3. The minimum absolute atomic E-state index is 0.113. The molecule has 0 amide bonds. The van der Waals surface area contributed by atoms with Crippen molar-refractivity contribution in [2.24, 2.45) is 0 Å². The third-order valence-corrected chi connectivity index (χ3v) is 5.82. The number of anilines is 1. The van der Waals surface area contributed by atoms with Crippen molar-refractivity contribution in [1.29, 1.82) is 0 Å². The molecule has 0 saturated heterocycles. The van der Waals surface area contributed by atoms with E-state index >= 15 is 0 Å². The molecule has 0 aliphatic heterocycles. The Balaban J connectivity index is 1.82. The zero-order valence-corrected chi connectivity index (χ0v) is 18.0. The topological polar surface area (TPSA) is 64.1 Å². The number of esters is 1. The molecule has 0 fully saturated rings. The molecule has 1 aromatic heterocycles. The Morgan fingerprint density at radius 3 is 1.77 bits per heavy atom. The summed E-state index contributed by atoms with van der Waals surface area (Å²) in [5.74, 6) is -0.300. The standard InChI is InChI=1S/C25H23N3O2S/c1-2-30-23(29)18-22-27-28-24(31-22)26-25(19-12-6-3-7-13-19,20-14-8-4-9-15-20)21-16-10-5-11-17-21/h3-17H,2,18H2,1H3,(H,26,28). The molecule has 0 spiro atoms. The molecule has 0 atom stereocenters. The van der Waals surface area contributed by atoms with Crippen LogP contribution < -0.4 is 5.32 Å². The first-order chi connectivity index (χ1) is 15.2. The summed E-state index contributed by atoms with van der Waals surface area (Å²) >= 11 is 1.36. The van der Waals surface area contributed by atoms with Gasteiger partial charge >= 0.3 is 5.97 Å². The molecule has 4 rings (SSSR count). The van der Waals surface area contributed by atoms with Gasteiger partial charge in [-0.05, 0) is 23.6 Å².